The number of rotatable bonds is 3. The molecule has 0 bridgehead atoms. The fraction of sp³-hybridized carbons (Fsp3) is 0.600. The van der Waals surface area contributed by atoms with Gasteiger partial charge in [0.2, 0.25) is 5.95 Å². The second kappa shape index (κ2) is 4.37. The highest BCUT2D eigenvalue weighted by Gasteiger charge is 2.13. The van der Waals surface area contributed by atoms with Crippen molar-refractivity contribution in [1.29, 1.82) is 0 Å². The molecule has 0 aromatic carbocycles. The van der Waals surface area contributed by atoms with E-state index in [1.807, 2.05) is 19.3 Å². The maximum Gasteiger partial charge on any atom is 0.222 e. The smallest absolute Gasteiger partial charge is 0.222 e. The van der Waals surface area contributed by atoms with Crippen LogP contribution in [0.5, 0.6) is 0 Å². The summed E-state index contributed by atoms with van der Waals surface area (Å²) in [6.45, 7) is 4.05. The van der Waals surface area contributed by atoms with Crippen LogP contribution >= 0.6 is 0 Å². The quantitative estimate of drug-likeness (QED) is 0.748. The van der Waals surface area contributed by atoms with Crippen molar-refractivity contribution in [3.05, 3.63) is 18.0 Å². The molecule has 1 unspecified atom stereocenters. The van der Waals surface area contributed by atoms with Gasteiger partial charge in [-0.15, -0.1) is 0 Å². The maximum absolute atomic E-state index is 4.19. The molecular formula is C10H16N4. The minimum absolute atomic E-state index is 0.583. The Bertz CT molecular complexity index is 277. The zero-order valence-electron chi connectivity index (χ0n) is 8.45. The average Bonchev–Trinajstić information content (AvgIpc) is 2.70. The molecule has 0 saturated carbocycles. The monoisotopic (exact) mass is 192 g/mol. The number of nitrogens with zero attached hydrogens (tertiary/aromatic N) is 2. The van der Waals surface area contributed by atoms with Gasteiger partial charge in [-0.1, -0.05) is 0 Å². The lowest BCUT2D eigenvalue weighted by Gasteiger charge is -2.10. The summed E-state index contributed by atoms with van der Waals surface area (Å²) in [6.07, 6.45) is 6.19. The van der Waals surface area contributed by atoms with Gasteiger partial charge < -0.3 is 10.6 Å². The summed E-state index contributed by atoms with van der Waals surface area (Å²) >= 11 is 0. The van der Waals surface area contributed by atoms with E-state index in [0.29, 0.717) is 6.04 Å². The van der Waals surface area contributed by atoms with Crippen LogP contribution in [0.1, 0.15) is 18.4 Å². The van der Waals surface area contributed by atoms with Crippen molar-refractivity contribution in [1.82, 2.24) is 15.3 Å². The summed E-state index contributed by atoms with van der Waals surface area (Å²) in [5.41, 5.74) is 1.09. The van der Waals surface area contributed by atoms with Crippen molar-refractivity contribution in [2.24, 2.45) is 0 Å². The van der Waals surface area contributed by atoms with E-state index >= 15 is 0 Å². The number of anilines is 1. The van der Waals surface area contributed by atoms with E-state index in [1.165, 1.54) is 12.8 Å². The number of nitrogens with one attached hydrogen (secondary N) is 2. The number of aryl methyl sites for hydroxylation is 1. The minimum atomic E-state index is 0.583. The lowest BCUT2D eigenvalue weighted by atomic mass is 10.2. The summed E-state index contributed by atoms with van der Waals surface area (Å²) in [6, 6.07) is 0.583. The van der Waals surface area contributed by atoms with Crippen molar-refractivity contribution < 1.29 is 0 Å². The summed E-state index contributed by atoms with van der Waals surface area (Å²) in [7, 11) is 0. The summed E-state index contributed by atoms with van der Waals surface area (Å²) in [4.78, 5) is 8.38. The molecule has 14 heavy (non-hydrogen) atoms. The van der Waals surface area contributed by atoms with E-state index in [-0.39, 0.29) is 0 Å². The molecule has 2 heterocycles. The molecule has 4 nitrogen and oxygen atoms in total. The van der Waals surface area contributed by atoms with E-state index in [4.69, 9.17) is 0 Å². The first-order valence-corrected chi connectivity index (χ1v) is 5.10. The van der Waals surface area contributed by atoms with Crippen LogP contribution in [-0.2, 0) is 0 Å². The van der Waals surface area contributed by atoms with Crippen molar-refractivity contribution in [2.75, 3.05) is 18.4 Å². The highest BCUT2D eigenvalue weighted by Crippen LogP contribution is 2.05. The number of hydrogen-bond donors (Lipinski definition) is 2. The number of aromatic nitrogens is 2. The van der Waals surface area contributed by atoms with Crippen LogP contribution in [0.3, 0.4) is 0 Å². The summed E-state index contributed by atoms with van der Waals surface area (Å²) < 4.78 is 0. The van der Waals surface area contributed by atoms with Crippen LogP contribution in [-0.4, -0.2) is 29.1 Å². The van der Waals surface area contributed by atoms with Crippen LogP contribution in [0.15, 0.2) is 12.4 Å². The van der Waals surface area contributed by atoms with Crippen molar-refractivity contribution >= 4 is 5.95 Å². The molecule has 1 aromatic heterocycles. The molecule has 1 atom stereocenters. The molecule has 4 heteroatoms. The predicted octanol–water partition coefficient (Wildman–Crippen LogP) is 0.949. The van der Waals surface area contributed by atoms with Gasteiger partial charge in [0.15, 0.2) is 0 Å². The zero-order chi connectivity index (χ0) is 9.80. The Morgan fingerprint density at radius 1 is 1.50 bits per heavy atom. The third kappa shape index (κ3) is 2.42. The Kier molecular flexibility index (Phi) is 2.93. The number of hydrogen-bond acceptors (Lipinski definition) is 4. The molecule has 1 aliphatic heterocycles. The van der Waals surface area contributed by atoms with Gasteiger partial charge in [0.25, 0.3) is 0 Å². The largest absolute Gasteiger partial charge is 0.353 e. The lowest BCUT2D eigenvalue weighted by molar-refractivity contribution is 0.631. The van der Waals surface area contributed by atoms with Gasteiger partial charge >= 0.3 is 0 Å². The molecular weight excluding hydrogens is 176 g/mol. The predicted molar refractivity (Wildman–Crippen MR) is 56.3 cm³/mol. The van der Waals surface area contributed by atoms with Gasteiger partial charge in [-0.05, 0) is 31.9 Å². The minimum Gasteiger partial charge on any atom is -0.353 e. The molecule has 0 amide bonds. The molecule has 2 rings (SSSR count). The average molecular weight is 192 g/mol. The molecule has 2 N–H and O–H groups in total. The van der Waals surface area contributed by atoms with Crippen LogP contribution in [0.2, 0.25) is 0 Å². The highest BCUT2D eigenvalue weighted by molar-refractivity contribution is 5.24. The Morgan fingerprint density at radius 2 is 2.29 bits per heavy atom. The maximum atomic E-state index is 4.19. The first kappa shape index (κ1) is 9.40. The van der Waals surface area contributed by atoms with Crippen LogP contribution in [0.25, 0.3) is 0 Å². The molecule has 1 saturated heterocycles. The normalized spacial score (nSPS) is 21.1. The highest BCUT2D eigenvalue weighted by atomic mass is 15.1. The fourth-order valence-electron chi connectivity index (χ4n) is 1.63. The Hall–Kier alpha value is -1.16. The molecule has 1 aromatic rings. The van der Waals surface area contributed by atoms with Gasteiger partial charge in [0.1, 0.15) is 0 Å². The second-order valence-corrected chi connectivity index (χ2v) is 3.76. The first-order valence-electron chi connectivity index (χ1n) is 5.10. The standard InChI is InChI=1S/C10H16N4/c1-8-5-12-10(13-6-8)14-7-9-3-2-4-11-9/h5-6,9,11H,2-4,7H2,1H3,(H,12,13,14). The van der Waals surface area contributed by atoms with E-state index in [1.54, 1.807) is 0 Å². The van der Waals surface area contributed by atoms with Crippen LogP contribution in [0, 0.1) is 6.92 Å². The van der Waals surface area contributed by atoms with Crippen molar-refractivity contribution in [2.45, 2.75) is 25.8 Å². The van der Waals surface area contributed by atoms with E-state index in [0.717, 1.165) is 24.6 Å². The molecule has 1 aliphatic rings. The summed E-state index contributed by atoms with van der Waals surface area (Å²) in [5.74, 6) is 0.726. The molecule has 0 spiro atoms. The fourth-order valence-corrected chi connectivity index (χ4v) is 1.63. The molecule has 0 radical (unpaired) electrons. The summed E-state index contributed by atoms with van der Waals surface area (Å²) in [5, 5.41) is 6.65. The SMILES string of the molecule is Cc1cnc(NCC2CCCN2)nc1. The van der Waals surface area contributed by atoms with Gasteiger partial charge in [0.05, 0.1) is 0 Å². The third-order valence-electron chi connectivity index (χ3n) is 2.45. The Morgan fingerprint density at radius 3 is 2.93 bits per heavy atom. The molecule has 76 valence electrons. The third-order valence-corrected chi connectivity index (χ3v) is 2.45. The van der Waals surface area contributed by atoms with E-state index < -0.39 is 0 Å². The van der Waals surface area contributed by atoms with Gasteiger partial charge in [-0.2, -0.15) is 0 Å². The zero-order valence-corrected chi connectivity index (χ0v) is 8.45. The van der Waals surface area contributed by atoms with Crippen molar-refractivity contribution in [3.63, 3.8) is 0 Å². The van der Waals surface area contributed by atoms with Crippen LogP contribution < -0.4 is 10.6 Å². The Labute approximate surface area is 84.2 Å². The molecule has 1 fully saturated rings. The van der Waals surface area contributed by atoms with Gasteiger partial charge in [-0.3, -0.25) is 0 Å². The molecule has 0 aliphatic carbocycles. The van der Waals surface area contributed by atoms with E-state index in [2.05, 4.69) is 20.6 Å². The Balaban J connectivity index is 1.82. The van der Waals surface area contributed by atoms with E-state index in [9.17, 15) is 0 Å². The van der Waals surface area contributed by atoms with Crippen molar-refractivity contribution in [3.8, 4) is 0 Å². The van der Waals surface area contributed by atoms with Crippen LogP contribution in [0.4, 0.5) is 5.95 Å². The van der Waals surface area contributed by atoms with Gasteiger partial charge in [0, 0.05) is 25.0 Å². The first-order chi connectivity index (χ1) is 6.84. The topological polar surface area (TPSA) is 49.8 Å². The second-order valence-electron chi connectivity index (χ2n) is 3.76. The lowest BCUT2D eigenvalue weighted by Crippen LogP contribution is -2.29. The van der Waals surface area contributed by atoms with Gasteiger partial charge in [-0.25, -0.2) is 9.97 Å².